The molecule has 150 valence electrons. The zero-order valence-corrected chi connectivity index (χ0v) is 17.0. The van der Waals surface area contributed by atoms with Crippen LogP contribution in [-0.2, 0) is 14.4 Å². The van der Waals surface area contributed by atoms with Crippen molar-refractivity contribution in [2.24, 2.45) is 0 Å². The quantitative estimate of drug-likeness (QED) is 0.140. The van der Waals surface area contributed by atoms with E-state index in [2.05, 4.69) is 19.1 Å². The Morgan fingerprint density at radius 1 is 0.778 bits per heavy atom. The molecule has 0 aliphatic heterocycles. The van der Waals surface area contributed by atoms with E-state index in [1.165, 1.54) is 76.0 Å². The summed E-state index contributed by atoms with van der Waals surface area (Å²) in [5.41, 5.74) is 0.0537. The van der Waals surface area contributed by atoms with E-state index in [-0.39, 0.29) is 22.9 Å². The van der Waals surface area contributed by atoms with Crippen LogP contribution in [-0.4, -0.2) is 17.3 Å². The first-order valence-corrected chi connectivity index (χ1v) is 10.8. The third-order valence-electron chi connectivity index (χ3n) is 4.92. The molecule has 0 saturated carbocycles. The van der Waals surface area contributed by atoms with Crippen molar-refractivity contribution in [2.75, 3.05) is 0 Å². The Hall–Kier alpha value is -1.77. The normalized spacial score (nSPS) is 14.2. The molecule has 1 aliphatic carbocycles. The van der Waals surface area contributed by atoms with Crippen molar-refractivity contribution >= 4 is 17.3 Å². The Labute approximate surface area is 165 Å². The van der Waals surface area contributed by atoms with E-state index in [1.807, 2.05) is 0 Å². The van der Waals surface area contributed by atoms with Gasteiger partial charge in [0, 0.05) is 12.5 Å². The molecule has 0 N–H and O–H groups in total. The molecule has 0 heterocycles. The summed E-state index contributed by atoms with van der Waals surface area (Å²) in [5, 5.41) is 0. The second kappa shape index (κ2) is 15.3. The van der Waals surface area contributed by atoms with Crippen LogP contribution in [0.4, 0.5) is 0 Å². The molecule has 0 atom stereocenters. The topological polar surface area (TPSA) is 51.2 Å². The van der Waals surface area contributed by atoms with Gasteiger partial charge in [-0.25, -0.2) is 0 Å². The van der Waals surface area contributed by atoms with E-state index in [4.69, 9.17) is 0 Å². The monoisotopic (exact) mass is 372 g/mol. The van der Waals surface area contributed by atoms with Gasteiger partial charge < -0.3 is 0 Å². The van der Waals surface area contributed by atoms with Crippen LogP contribution >= 0.6 is 0 Å². The predicted octanol–water partition coefficient (Wildman–Crippen LogP) is 6.23. The van der Waals surface area contributed by atoms with Crippen LogP contribution in [0.1, 0.15) is 96.8 Å². The maximum Gasteiger partial charge on any atom is 0.189 e. The number of carbonyl (C=O) groups excluding carboxylic acids is 3. The van der Waals surface area contributed by atoms with Crippen LogP contribution in [0, 0.1) is 0 Å². The zero-order valence-electron chi connectivity index (χ0n) is 17.0. The average Bonchev–Trinajstić information content (AvgIpc) is 2.66. The maximum absolute atomic E-state index is 12.0. The summed E-state index contributed by atoms with van der Waals surface area (Å²) in [4.78, 5) is 34.9. The van der Waals surface area contributed by atoms with Crippen molar-refractivity contribution in [1.29, 1.82) is 0 Å². The summed E-state index contributed by atoms with van der Waals surface area (Å²) in [6, 6.07) is 0. The van der Waals surface area contributed by atoms with E-state index >= 15 is 0 Å². The molecule has 0 aromatic rings. The van der Waals surface area contributed by atoms with Gasteiger partial charge in [0.2, 0.25) is 0 Å². The Morgan fingerprint density at radius 3 is 1.96 bits per heavy atom. The van der Waals surface area contributed by atoms with Crippen LogP contribution in [0.25, 0.3) is 0 Å². The molecule has 0 aromatic heterocycles. The van der Waals surface area contributed by atoms with Gasteiger partial charge in [0.1, 0.15) is 0 Å². The lowest BCUT2D eigenvalue weighted by atomic mass is 9.96. The highest BCUT2D eigenvalue weighted by molar-refractivity contribution is 6.30. The Balaban J connectivity index is 1.93. The van der Waals surface area contributed by atoms with Gasteiger partial charge in [-0.2, -0.15) is 0 Å². The minimum atomic E-state index is -0.340. The van der Waals surface area contributed by atoms with Crippen LogP contribution in [0.2, 0.25) is 0 Å². The average molecular weight is 373 g/mol. The molecule has 3 heteroatoms. The van der Waals surface area contributed by atoms with Crippen molar-refractivity contribution in [3.05, 3.63) is 36.0 Å². The molecule has 1 rings (SSSR count). The summed E-state index contributed by atoms with van der Waals surface area (Å²) in [6.07, 6.45) is 24.3. The lowest BCUT2D eigenvalue weighted by Gasteiger charge is -2.05. The first-order chi connectivity index (χ1) is 13.1. The summed E-state index contributed by atoms with van der Waals surface area (Å²) in [7, 11) is 0. The largest absolute Gasteiger partial charge is 0.294 e. The molecular weight excluding hydrogens is 336 g/mol. The van der Waals surface area contributed by atoms with Gasteiger partial charge in [0.05, 0.1) is 5.57 Å². The third-order valence-corrected chi connectivity index (χ3v) is 4.92. The molecule has 0 amide bonds. The van der Waals surface area contributed by atoms with Crippen LogP contribution in [0.5, 0.6) is 0 Å². The molecule has 0 bridgehead atoms. The van der Waals surface area contributed by atoms with Crippen LogP contribution in [0.3, 0.4) is 0 Å². The first-order valence-electron chi connectivity index (χ1n) is 10.8. The first kappa shape index (κ1) is 23.3. The molecule has 0 aromatic carbocycles. The van der Waals surface area contributed by atoms with Crippen molar-refractivity contribution in [1.82, 2.24) is 0 Å². The number of ketones is 3. The Kier molecular flexibility index (Phi) is 13.2. The van der Waals surface area contributed by atoms with Crippen molar-refractivity contribution in [2.45, 2.75) is 96.8 Å². The van der Waals surface area contributed by atoms with E-state index < -0.39 is 0 Å². The molecule has 3 nitrogen and oxygen atoms in total. The van der Waals surface area contributed by atoms with Crippen molar-refractivity contribution in [3.63, 3.8) is 0 Å². The number of Topliss-reactive ketones (excluding diaryl/α,β-unsaturated/α-hetero) is 1. The maximum atomic E-state index is 12.0. The Morgan fingerprint density at radius 2 is 1.33 bits per heavy atom. The number of allylic oxidation sites excluding steroid dienone is 6. The second-order valence-corrected chi connectivity index (χ2v) is 7.42. The molecule has 0 saturated heterocycles. The van der Waals surface area contributed by atoms with Crippen LogP contribution in [0.15, 0.2) is 36.0 Å². The second-order valence-electron chi connectivity index (χ2n) is 7.42. The molecule has 0 spiro atoms. The van der Waals surface area contributed by atoms with Gasteiger partial charge in [-0.1, -0.05) is 70.4 Å². The zero-order chi connectivity index (χ0) is 19.7. The summed E-state index contributed by atoms with van der Waals surface area (Å²) >= 11 is 0. The van der Waals surface area contributed by atoms with Gasteiger partial charge in [-0.3, -0.25) is 14.4 Å². The van der Waals surface area contributed by atoms with Gasteiger partial charge in [0.15, 0.2) is 17.3 Å². The fourth-order valence-corrected chi connectivity index (χ4v) is 3.22. The number of hydrogen-bond donors (Lipinski definition) is 0. The number of rotatable bonds is 16. The third kappa shape index (κ3) is 11.5. The highest BCUT2D eigenvalue weighted by Gasteiger charge is 2.19. The van der Waals surface area contributed by atoms with Crippen molar-refractivity contribution < 1.29 is 14.4 Å². The van der Waals surface area contributed by atoms with E-state index in [9.17, 15) is 14.4 Å². The molecule has 27 heavy (non-hydrogen) atoms. The van der Waals surface area contributed by atoms with Gasteiger partial charge in [0.25, 0.3) is 0 Å². The summed E-state index contributed by atoms with van der Waals surface area (Å²) < 4.78 is 0. The highest BCUT2D eigenvalue weighted by Crippen LogP contribution is 2.13. The standard InChI is InChI=1S/C24H36O3/c1-2-3-4-5-6-7-8-9-10-11-12-13-14-15-16-17-23(26)22-20-21(25)18-19-24(22)27/h9-10,18-20H,2-8,11-17H2,1H3/b10-9-. The lowest BCUT2D eigenvalue weighted by molar-refractivity contribution is -0.121. The number of hydrogen-bond acceptors (Lipinski definition) is 3. The van der Waals surface area contributed by atoms with Crippen molar-refractivity contribution in [3.8, 4) is 0 Å². The minimum Gasteiger partial charge on any atom is -0.294 e. The number of carbonyl (C=O) groups is 3. The minimum absolute atomic E-state index is 0.0537. The van der Waals surface area contributed by atoms with Gasteiger partial charge >= 0.3 is 0 Å². The van der Waals surface area contributed by atoms with Crippen LogP contribution < -0.4 is 0 Å². The molecule has 0 fully saturated rings. The van der Waals surface area contributed by atoms with Gasteiger partial charge in [-0.05, 0) is 44.3 Å². The summed E-state index contributed by atoms with van der Waals surface area (Å²) in [6.45, 7) is 2.25. The fourth-order valence-electron chi connectivity index (χ4n) is 3.22. The fraction of sp³-hybridized carbons (Fsp3) is 0.625. The SMILES string of the molecule is CCCCCCCC/C=C\CCCCCCCC(=O)C1=CC(=O)C=CC1=O. The van der Waals surface area contributed by atoms with E-state index in [1.54, 1.807) is 0 Å². The van der Waals surface area contributed by atoms with E-state index in [0.29, 0.717) is 6.42 Å². The molecule has 0 radical (unpaired) electrons. The smallest absolute Gasteiger partial charge is 0.189 e. The molecule has 1 aliphatic rings. The summed E-state index contributed by atoms with van der Waals surface area (Å²) in [5.74, 6) is -0.815. The lowest BCUT2D eigenvalue weighted by Crippen LogP contribution is -2.15. The highest BCUT2D eigenvalue weighted by atomic mass is 16.2. The Bertz CT molecular complexity index is 552. The predicted molar refractivity (Wildman–Crippen MR) is 112 cm³/mol. The van der Waals surface area contributed by atoms with Gasteiger partial charge in [-0.15, -0.1) is 0 Å². The molecule has 0 unspecified atom stereocenters. The van der Waals surface area contributed by atoms with E-state index in [0.717, 1.165) is 25.7 Å². The molecular formula is C24H36O3. The number of unbranched alkanes of at least 4 members (excludes halogenated alkanes) is 11.